The number of rotatable bonds is 7. The molecule has 0 aliphatic heterocycles. The normalized spacial score (nSPS) is 10.9. The van der Waals surface area contributed by atoms with Crippen molar-refractivity contribution in [1.29, 1.82) is 0 Å². The second kappa shape index (κ2) is 6.89. The van der Waals surface area contributed by atoms with Gasteiger partial charge in [0.25, 0.3) is 0 Å². The monoisotopic (exact) mass is 260 g/mol. The Morgan fingerprint density at radius 1 is 1.16 bits per heavy atom. The number of nitrogens with one attached hydrogen (secondary N) is 1. The van der Waals surface area contributed by atoms with Crippen LogP contribution in [0.2, 0.25) is 0 Å². The molecule has 0 aliphatic carbocycles. The van der Waals surface area contributed by atoms with Crippen molar-refractivity contribution < 1.29 is 4.52 Å². The highest BCUT2D eigenvalue weighted by molar-refractivity contribution is 5.42. The molecule has 0 aliphatic rings. The van der Waals surface area contributed by atoms with Crippen LogP contribution >= 0.6 is 0 Å². The average molecular weight is 260 g/mol. The minimum atomic E-state index is 0.692. The molecule has 1 aromatic carbocycles. The smallest absolute Gasteiger partial charge is 0.228 e. The number of aromatic nitrogens is 2. The molecule has 0 saturated heterocycles. The van der Waals surface area contributed by atoms with Gasteiger partial charge in [0.05, 0.1) is 0 Å². The van der Waals surface area contributed by atoms with E-state index >= 15 is 0 Å². The zero-order chi connectivity index (χ0) is 13.5. The number of para-hydroxylation sites is 1. The highest BCUT2D eigenvalue weighted by Gasteiger charge is 2.06. The molecule has 0 saturated carbocycles. The van der Waals surface area contributed by atoms with Crippen molar-refractivity contribution in [2.75, 3.05) is 32.5 Å². The summed E-state index contributed by atoms with van der Waals surface area (Å²) in [6.45, 7) is 1.72. The summed E-state index contributed by atoms with van der Waals surface area (Å²) in [5, 5.41) is 7.29. The van der Waals surface area contributed by atoms with Crippen LogP contribution in [-0.4, -0.2) is 42.2 Å². The quantitative estimate of drug-likeness (QED) is 0.823. The molecule has 0 fully saturated rings. The van der Waals surface area contributed by atoms with E-state index in [1.165, 1.54) is 0 Å². The van der Waals surface area contributed by atoms with Crippen LogP contribution in [0.5, 0.6) is 0 Å². The standard InChI is InChI=1S/C14H20N4O/c1-18(2)11-9-13-16-14(19-17-13)8-10-15-12-6-4-3-5-7-12/h3-7,15H,8-11H2,1-2H3. The molecule has 0 spiro atoms. The summed E-state index contributed by atoms with van der Waals surface area (Å²) in [6.07, 6.45) is 1.56. The van der Waals surface area contributed by atoms with E-state index in [1.54, 1.807) is 0 Å². The van der Waals surface area contributed by atoms with Gasteiger partial charge in [0.15, 0.2) is 5.82 Å². The fraction of sp³-hybridized carbons (Fsp3) is 0.429. The minimum Gasteiger partial charge on any atom is -0.385 e. The van der Waals surface area contributed by atoms with Gasteiger partial charge >= 0.3 is 0 Å². The Bertz CT molecular complexity index is 481. The highest BCUT2D eigenvalue weighted by atomic mass is 16.5. The van der Waals surface area contributed by atoms with Gasteiger partial charge in [-0.25, -0.2) is 0 Å². The van der Waals surface area contributed by atoms with Crippen LogP contribution in [0, 0.1) is 0 Å². The summed E-state index contributed by atoms with van der Waals surface area (Å²) in [5.74, 6) is 1.47. The van der Waals surface area contributed by atoms with Crippen molar-refractivity contribution in [3.05, 3.63) is 42.0 Å². The molecular weight excluding hydrogens is 240 g/mol. The third-order valence-corrected chi connectivity index (χ3v) is 2.73. The first-order valence-corrected chi connectivity index (χ1v) is 6.49. The number of nitrogens with zero attached hydrogens (tertiary/aromatic N) is 3. The molecule has 1 N–H and O–H groups in total. The lowest BCUT2D eigenvalue weighted by Gasteiger charge is -2.05. The average Bonchev–Trinajstić information content (AvgIpc) is 2.86. The molecule has 0 amide bonds. The maximum atomic E-state index is 5.22. The van der Waals surface area contributed by atoms with E-state index in [-0.39, 0.29) is 0 Å². The Labute approximate surface area is 113 Å². The Balaban J connectivity index is 1.74. The van der Waals surface area contributed by atoms with Crippen LogP contribution in [0.1, 0.15) is 11.7 Å². The fourth-order valence-electron chi connectivity index (χ4n) is 1.69. The number of hydrogen-bond acceptors (Lipinski definition) is 5. The first kappa shape index (κ1) is 13.5. The molecule has 0 bridgehead atoms. The first-order chi connectivity index (χ1) is 9.24. The molecule has 0 radical (unpaired) electrons. The van der Waals surface area contributed by atoms with Crippen LogP contribution in [0.3, 0.4) is 0 Å². The van der Waals surface area contributed by atoms with Crippen LogP contribution in [0.4, 0.5) is 5.69 Å². The molecule has 5 heteroatoms. The van der Waals surface area contributed by atoms with E-state index in [1.807, 2.05) is 44.4 Å². The van der Waals surface area contributed by atoms with Gasteiger partial charge in [-0.15, -0.1) is 0 Å². The number of anilines is 1. The van der Waals surface area contributed by atoms with Crippen molar-refractivity contribution in [3.63, 3.8) is 0 Å². The van der Waals surface area contributed by atoms with Gasteiger partial charge in [-0.3, -0.25) is 0 Å². The Hall–Kier alpha value is -1.88. The molecule has 102 valence electrons. The number of benzene rings is 1. The molecule has 1 heterocycles. The van der Waals surface area contributed by atoms with Gasteiger partial charge in [-0.1, -0.05) is 23.4 Å². The lowest BCUT2D eigenvalue weighted by molar-refractivity contribution is 0.367. The second-order valence-electron chi connectivity index (χ2n) is 4.70. The summed E-state index contributed by atoms with van der Waals surface area (Å²) in [7, 11) is 4.07. The molecule has 1 aromatic heterocycles. The topological polar surface area (TPSA) is 54.2 Å². The van der Waals surface area contributed by atoms with E-state index in [4.69, 9.17) is 4.52 Å². The van der Waals surface area contributed by atoms with E-state index in [0.717, 1.165) is 37.4 Å². The maximum absolute atomic E-state index is 5.22. The Morgan fingerprint density at radius 2 is 1.95 bits per heavy atom. The predicted octanol–water partition coefficient (Wildman–Crippen LogP) is 1.83. The molecule has 0 atom stereocenters. The first-order valence-electron chi connectivity index (χ1n) is 6.49. The third kappa shape index (κ3) is 4.71. The summed E-state index contributed by atoms with van der Waals surface area (Å²) in [6, 6.07) is 10.1. The second-order valence-corrected chi connectivity index (χ2v) is 4.70. The van der Waals surface area contributed by atoms with E-state index in [0.29, 0.717) is 5.89 Å². The molecule has 2 rings (SSSR count). The molecule has 0 unspecified atom stereocenters. The highest BCUT2D eigenvalue weighted by Crippen LogP contribution is 2.05. The van der Waals surface area contributed by atoms with E-state index in [9.17, 15) is 0 Å². The van der Waals surface area contributed by atoms with Crippen molar-refractivity contribution >= 4 is 5.69 Å². The molecular formula is C14H20N4O. The predicted molar refractivity (Wildman–Crippen MR) is 75.2 cm³/mol. The van der Waals surface area contributed by atoms with Crippen LogP contribution < -0.4 is 5.32 Å². The van der Waals surface area contributed by atoms with Crippen molar-refractivity contribution in [1.82, 2.24) is 15.0 Å². The lowest BCUT2D eigenvalue weighted by atomic mass is 10.3. The zero-order valence-electron chi connectivity index (χ0n) is 11.5. The summed E-state index contributed by atoms with van der Waals surface area (Å²) in [4.78, 5) is 6.47. The molecule has 19 heavy (non-hydrogen) atoms. The van der Waals surface area contributed by atoms with Crippen LogP contribution in [-0.2, 0) is 12.8 Å². The zero-order valence-corrected chi connectivity index (χ0v) is 11.5. The summed E-state index contributed by atoms with van der Waals surface area (Å²) in [5.41, 5.74) is 1.11. The van der Waals surface area contributed by atoms with Gasteiger partial charge in [-0.2, -0.15) is 4.98 Å². The summed E-state index contributed by atoms with van der Waals surface area (Å²) >= 11 is 0. The van der Waals surface area contributed by atoms with Crippen LogP contribution in [0.25, 0.3) is 0 Å². The molecule has 2 aromatic rings. The van der Waals surface area contributed by atoms with Gasteiger partial charge in [0, 0.05) is 31.6 Å². The van der Waals surface area contributed by atoms with Crippen molar-refractivity contribution in [2.45, 2.75) is 12.8 Å². The van der Waals surface area contributed by atoms with Gasteiger partial charge < -0.3 is 14.7 Å². The SMILES string of the molecule is CN(C)CCc1noc(CCNc2ccccc2)n1. The van der Waals surface area contributed by atoms with Crippen LogP contribution in [0.15, 0.2) is 34.9 Å². The Morgan fingerprint density at radius 3 is 2.68 bits per heavy atom. The maximum Gasteiger partial charge on any atom is 0.228 e. The minimum absolute atomic E-state index is 0.692. The van der Waals surface area contributed by atoms with Gasteiger partial charge in [0.2, 0.25) is 5.89 Å². The van der Waals surface area contributed by atoms with Crippen molar-refractivity contribution in [3.8, 4) is 0 Å². The number of hydrogen-bond donors (Lipinski definition) is 1. The van der Waals surface area contributed by atoms with Gasteiger partial charge in [0.1, 0.15) is 0 Å². The Kier molecular flexibility index (Phi) is 4.92. The van der Waals surface area contributed by atoms with E-state index in [2.05, 4.69) is 20.4 Å². The fourth-order valence-corrected chi connectivity index (χ4v) is 1.69. The number of likely N-dealkylation sites (N-methyl/N-ethyl adjacent to an activating group) is 1. The largest absolute Gasteiger partial charge is 0.385 e. The van der Waals surface area contributed by atoms with Crippen molar-refractivity contribution in [2.24, 2.45) is 0 Å². The molecule has 5 nitrogen and oxygen atoms in total. The van der Waals surface area contributed by atoms with Gasteiger partial charge in [-0.05, 0) is 26.2 Å². The lowest BCUT2D eigenvalue weighted by Crippen LogP contribution is -2.15. The van der Waals surface area contributed by atoms with E-state index < -0.39 is 0 Å². The third-order valence-electron chi connectivity index (χ3n) is 2.73. The summed E-state index contributed by atoms with van der Waals surface area (Å²) < 4.78 is 5.22.